The predicted molar refractivity (Wildman–Crippen MR) is 157 cm³/mol. The van der Waals surface area contributed by atoms with Crippen LogP contribution in [0.4, 0.5) is 5.69 Å². The molecule has 196 valence electrons. The number of nitrogens with zero attached hydrogens (tertiary/aromatic N) is 1. The molecule has 0 bridgehead atoms. The van der Waals surface area contributed by atoms with Crippen LogP contribution in [0.1, 0.15) is 35.3 Å². The van der Waals surface area contributed by atoms with Crippen molar-refractivity contribution < 1.29 is 23.8 Å². The van der Waals surface area contributed by atoms with E-state index in [4.69, 9.17) is 14.2 Å². The number of benzene rings is 3. The fourth-order valence-electron chi connectivity index (χ4n) is 3.46. The predicted octanol–water partition coefficient (Wildman–Crippen LogP) is 7.26. The highest BCUT2D eigenvalue weighted by atomic mass is 79.9. The van der Waals surface area contributed by atoms with E-state index in [-0.39, 0.29) is 11.9 Å². The molecular weight excluding hydrogens is 636 g/mol. The van der Waals surface area contributed by atoms with Crippen molar-refractivity contribution in [3.8, 4) is 11.5 Å². The van der Waals surface area contributed by atoms with Crippen molar-refractivity contribution in [1.82, 2.24) is 5.32 Å². The Morgan fingerprint density at radius 3 is 2.42 bits per heavy atom. The summed E-state index contributed by atoms with van der Waals surface area (Å²) in [5.74, 6) is 0.480. The molecule has 0 atom stereocenters. The molecule has 1 saturated heterocycles. The first-order valence-corrected chi connectivity index (χ1v) is 14.2. The van der Waals surface area contributed by atoms with Crippen molar-refractivity contribution in [2.24, 2.45) is 4.99 Å². The highest BCUT2D eigenvalue weighted by molar-refractivity contribution is 9.13. The third-order valence-corrected chi connectivity index (χ3v) is 8.28. The lowest BCUT2D eigenvalue weighted by molar-refractivity contribution is -0.115. The molecular formula is C28H24Br2N2O5S. The summed E-state index contributed by atoms with van der Waals surface area (Å²) in [6, 6.07) is 18.4. The second kappa shape index (κ2) is 13.1. The second-order valence-corrected chi connectivity index (χ2v) is 10.5. The van der Waals surface area contributed by atoms with Crippen LogP contribution in [0.2, 0.25) is 0 Å². The minimum Gasteiger partial charge on any atom is -0.490 e. The molecule has 3 aromatic carbocycles. The van der Waals surface area contributed by atoms with Gasteiger partial charge >= 0.3 is 5.97 Å². The number of carbonyl (C=O) groups excluding carboxylic acids is 2. The molecule has 38 heavy (non-hydrogen) atoms. The van der Waals surface area contributed by atoms with Gasteiger partial charge in [0.05, 0.1) is 33.8 Å². The van der Waals surface area contributed by atoms with Gasteiger partial charge in [0.25, 0.3) is 5.91 Å². The number of hydrogen-bond donors (Lipinski definition) is 1. The van der Waals surface area contributed by atoms with Gasteiger partial charge in [0.2, 0.25) is 0 Å². The SMILES string of the molecule is CCOC(=O)c1ccc(N=C2NC(=O)/C(=C\c3cc(OCC)c(OCc4ccccc4)c(Br)c3Br)S2)cc1. The summed E-state index contributed by atoms with van der Waals surface area (Å²) in [7, 11) is 0. The van der Waals surface area contributed by atoms with E-state index in [1.54, 1.807) is 37.3 Å². The van der Waals surface area contributed by atoms with Crippen molar-refractivity contribution in [2.45, 2.75) is 20.5 Å². The van der Waals surface area contributed by atoms with E-state index in [0.29, 0.717) is 57.1 Å². The summed E-state index contributed by atoms with van der Waals surface area (Å²) >= 11 is 8.48. The smallest absolute Gasteiger partial charge is 0.338 e. The van der Waals surface area contributed by atoms with Crippen molar-refractivity contribution in [2.75, 3.05) is 13.2 Å². The quantitative estimate of drug-likeness (QED) is 0.192. The van der Waals surface area contributed by atoms with Crippen LogP contribution < -0.4 is 14.8 Å². The van der Waals surface area contributed by atoms with Crippen molar-refractivity contribution in [3.05, 3.63) is 91.2 Å². The number of amidine groups is 1. The van der Waals surface area contributed by atoms with Crippen molar-refractivity contribution >= 4 is 72.4 Å². The lowest BCUT2D eigenvalue weighted by Gasteiger charge is -2.16. The van der Waals surface area contributed by atoms with Gasteiger partial charge in [-0.15, -0.1) is 0 Å². The van der Waals surface area contributed by atoms with E-state index < -0.39 is 0 Å². The van der Waals surface area contributed by atoms with E-state index in [1.165, 1.54) is 11.8 Å². The van der Waals surface area contributed by atoms with Crippen LogP contribution in [-0.2, 0) is 16.1 Å². The van der Waals surface area contributed by atoms with Crippen LogP contribution in [0.5, 0.6) is 11.5 Å². The molecule has 0 aliphatic carbocycles. The van der Waals surface area contributed by atoms with Gasteiger partial charge in [0.15, 0.2) is 16.7 Å². The van der Waals surface area contributed by atoms with E-state index in [1.807, 2.05) is 43.3 Å². The molecule has 1 fully saturated rings. The molecule has 0 aromatic heterocycles. The number of halogens is 2. The average Bonchev–Trinajstić information content (AvgIpc) is 3.26. The van der Waals surface area contributed by atoms with Crippen LogP contribution in [0.15, 0.2) is 79.5 Å². The van der Waals surface area contributed by atoms with Gasteiger partial charge in [-0.25, -0.2) is 9.79 Å². The number of esters is 1. The molecule has 1 amide bonds. The minimum atomic E-state index is -0.389. The molecule has 0 radical (unpaired) electrons. The third-order valence-electron chi connectivity index (χ3n) is 5.23. The molecule has 7 nitrogen and oxygen atoms in total. The van der Waals surface area contributed by atoms with Gasteiger partial charge in [-0.3, -0.25) is 4.79 Å². The molecule has 0 unspecified atom stereocenters. The summed E-state index contributed by atoms with van der Waals surface area (Å²) in [4.78, 5) is 29.5. The molecule has 0 spiro atoms. The minimum absolute atomic E-state index is 0.262. The molecule has 4 rings (SSSR count). The van der Waals surface area contributed by atoms with Gasteiger partial charge < -0.3 is 19.5 Å². The second-order valence-electron chi connectivity index (χ2n) is 7.88. The average molecular weight is 660 g/mol. The molecule has 1 heterocycles. The molecule has 3 aromatic rings. The highest BCUT2D eigenvalue weighted by Crippen LogP contribution is 2.44. The molecule has 10 heteroatoms. The van der Waals surface area contributed by atoms with Gasteiger partial charge in [0, 0.05) is 4.47 Å². The number of thioether (sulfide) groups is 1. The molecule has 1 aliphatic rings. The first kappa shape index (κ1) is 27.9. The van der Waals surface area contributed by atoms with Crippen LogP contribution >= 0.6 is 43.6 Å². The Labute approximate surface area is 241 Å². The Morgan fingerprint density at radius 2 is 1.74 bits per heavy atom. The number of carbonyl (C=O) groups is 2. The van der Waals surface area contributed by atoms with Crippen LogP contribution in [0.25, 0.3) is 6.08 Å². The Bertz CT molecular complexity index is 1390. The number of aliphatic imine (C=N–C) groups is 1. The first-order chi connectivity index (χ1) is 18.4. The first-order valence-electron chi connectivity index (χ1n) is 11.8. The van der Waals surface area contributed by atoms with Gasteiger partial charge in [-0.05, 0) is 105 Å². The molecule has 1 aliphatic heterocycles. The maximum atomic E-state index is 12.7. The third kappa shape index (κ3) is 6.86. The van der Waals surface area contributed by atoms with E-state index in [9.17, 15) is 9.59 Å². The molecule has 0 saturated carbocycles. The lowest BCUT2D eigenvalue weighted by atomic mass is 10.1. The van der Waals surface area contributed by atoms with Crippen molar-refractivity contribution in [1.29, 1.82) is 0 Å². The van der Waals surface area contributed by atoms with Gasteiger partial charge in [-0.2, -0.15) is 0 Å². The number of rotatable bonds is 9. The lowest BCUT2D eigenvalue weighted by Crippen LogP contribution is -2.19. The summed E-state index contributed by atoms with van der Waals surface area (Å²) < 4.78 is 18.4. The van der Waals surface area contributed by atoms with Crippen LogP contribution in [-0.4, -0.2) is 30.3 Å². The van der Waals surface area contributed by atoms with Crippen molar-refractivity contribution in [3.63, 3.8) is 0 Å². The Kier molecular flexibility index (Phi) is 9.65. The number of ether oxygens (including phenoxy) is 3. The van der Waals surface area contributed by atoms with E-state index >= 15 is 0 Å². The number of nitrogens with one attached hydrogen (secondary N) is 1. The zero-order chi connectivity index (χ0) is 27.1. The standard InChI is InChI=1S/C28H24Br2N2O5S/c1-3-35-21-14-19(23(29)24(30)25(21)37-16-17-8-6-5-7-9-17)15-22-26(33)32-28(38-22)31-20-12-10-18(11-13-20)27(34)36-4-2/h5-15H,3-4,16H2,1-2H3,(H,31,32,33)/b22-15+. The zero-order valence-electron chi connectivity index (χ0n) is 20.6. The van der Waals surface area contributed by atoms with E-state index in [2.05, 4.69) is 42.2 Å². The summed E-state index contributed by atoms with van der Waals surface area (Å²) in [5.41, 5.74) is 2.82. The monoisotopic (exact) mass is 658 g/mol. The maximum Gasteiger partial charge on any atom is 0.338 e. The fraction of sp³-hybridized carbons (Fsp3) is 0.179. The van der Waals surface area contributed by atoms with E-state index in [0.717, 1.165) is 15.6 Å². The van der Waals surface area contributed by atoms with Crippen LogP contribution in [0.3, 0.4) is 0 Å². The largest absolute Gasteiger partial charge is 0.490 e. The number of hydrogen-bond acceptors (Lipinski definition) is 7. The fourth-order valence-corrected chi connectivity index (χ4v) is 5.24. The van der Waals surface area contributed by atoms with Crippen LogP contribution in [0, 0.1) is 0 Å². The van der Waals surface area contributed by atoms with Gasteiger partial charge in [0.1, 0.15) is 6.61 Å². The maximum absolute atomic E-state index is 12.7. The topological polar surface area (TPSA) is 86.2 Å². The summed E-state index contributed by atoms with van der Waals surface area (Å²) in [6.45, 7) is 4.80. The zero-order valence-corrected chi connectivity index (χ0v) is 24.6. The normalized spacial score (nSPS) is 15.0. The van der Waals surface area contributed by atoms with Gasteiger partial charge in [-0.1, -0.05) is 30.3 Å². The summed E-state index contributed by atoms with van der Waals surface area (Å²) in [5, 5.41) is 3.22. The Morgan fingerprint density at radius 1 is 1.00 bits per heavy atom. The number of amides is 1. The molecule has 1 N–H and O–H groups in total. The Balaban J connectivity index is 1.55. The Hall–Kier alpha value is -3.08. The summed E-state index contributed by atoms with van der Waals surface area (Å²) in [6.07, 6.45) is 1.77. The highest BCUT2D eigenvalue weighted by Gasteiger charge is 2.25.